The van der Waals surface area contributed by atoms with Crippen molar-refractivity contribution in [3.63, 3.8) is 0 Å². The van der Waals surface area contributed by atoms with Gasteiger partial charge in [-0.15, -0.1) is 0 Å². The van der Waals surface area contributed by atoms with Crippen molar-refractivity contribution < 1.29 is 19.1 Å². The molecule has 0 bridgehead atoms. The number of hydrogen-bond acceptors (Lipinski definition) is 2. The van der Waals surface area contributed by atoms with E-state index in [1.807, 2.05) is 0 Å². The second-order valence-corrected chi connectivity index (χ2v) is 5.13. The smallest absolute Gasteiger partial charge is 0.326 e. The number of aliphatic carboxylic acids is 1. The fraction of sp³-hybridized carbons (Fsp3) is 0.286. The van der Waals surface area contributed by atoms with Crippen molar-refractivity contribution in [3.8, 4) is 0 Å². The summed E-state index contributed by atoms with van der Waals surface area (Å²) in [6, 6.07) is 3.48. The molecule has 6 heteroatoms. The van der Waals surface area contributed by atoms with Crippen molar-refractivity contribution >= 4 is 33.9 Å². The molecule has 0 heterocycles. The van der Waals surface area contributed by atoms with Gasteiger partial charge >= 0.3 is 5.97 Å². The molecule has 0 aliphatic heterocycles. The molecule has 0 aromatic heterocycles. The summed E-state index contributed by atoms with van der Waals surface area (Å²) in [6.45, 7) is 1.68. The van der Waals surface area contributed by atoms with E-state index < -0.39 is 23.7 Å². The minimum atomic E-state index is -1.06. The molecular formula is C14H15BrFNO3. The molecule has 1 aromatic rings. The molecule has 4 nitrogen and oxygen atoms in total. The van der Waals surface area contributed by atoms with Gasteiger partial charge < -0.3 is 10.0 Å². The van der Waals surface area contributed by atoms with Crippen LogP contribution in [0.3, 0.4) is 0 Å². The Bertz CT molecular complexity index is 545. The van der Waals surface area contributed by atoms with E-state index in [9.17, 15) is 14.0 Å². The minimum absolute atomic E-state index is 0.254. The molecule has 0 fully saturated rings. The van der Waals surface area contributed by atoms with Crippen molar-refractivity contribution in [1.82, 2.24) is 4.90 Å². The maximum Gasteiger partial charge on any atom is 0.326 e. The summed E-state index contributed by atoms with van der Waals surface area (Å²) in [6.07, 6.45) is 2.79. The highest BCUT2D eigenvalue weighted by Gasteiger charge is 2.23. The number of hydrogen-bond donors (Lipinski definition) is 1. The highest BCUT2D eigenvalue weighted by Crippen LogP contribution is 2.17. The lowest BCUT2D eigenvalue weighted by Crippen LogP contribution is -2.41. The number of carbonyl (C=O) groups is 2. The van der Waals surface area contributed by atoms with Crippen LogP contribution in [0.1, 0.15) is 18.9 Å². The highest BCUT2D eigenvalue weighted by molar-refractivity contribution is 9.10. The third kappa shape index (κ3) is 4.16. The zero-order valence-electron chi connectivity index (χ0n) is 11.1. The lowest BCUT2D eigenvalue weighted by Gasteiger charge is -2.22. The molecule has 20 heavy (non-hydrogen) atoms. The Balaban J connectivity index is 2.86. The van der Waals surface area contributed by atoms with Gasteiger partial charge in [0, 0.05) is 23.2 Å². The first-order valence-corrected chi connectivity index (χ1v) is 6.78. The number of likely N-dealkylation sites (N-methyl/N-ethyl adjacent to an activating group) is 1. The maximum absolute atomic E-state index is 13.5. The van der Waals surface area contributed by atoms with Gasteiger partial charge in [0.15, 0.2) is 0 Å². The van der Waals surface area contributed by atoms with Crippen molar-refractivity contribution in [2.75, 3.05) is 7.05 Å². The lowest BCUT2D eigenvalue weighted by atomic mass is 10.1. The summed E-state index contributed by atoms with van der Waals surface area (Å²) >= 11 is 3.21. The van der Waals surface area contributed by atoms with Gasteiger partial charge in [-0.05, 0) is 30.7 Å². The predicted octanol–water partition coefficient (Wildman–Crippen LogP) is 2.92. The molecule has 108 valence electrons. The van der Waals surface area contributed by atoms with Crippen LogP contribution in [-0.4, -0.2) is 35.0 Å². The highest BCUT2D eigenvalue weighted by atomic mass is 79.9. The molecule has 0 radical (unpaired) electrons. The first kappa shape index (κ1) is 16.4. The summed E-state index contributed by atoms with van der Waals surface area (Å²) < 4.78 is 14.2. The molecule has 0 aliphatic rings. The van der Waals surface area contributed by atoms with Gasteiger partial charge in [0.25, 0.3) is 0 Å². The van der Waals surface area contributed by atoms with Crippen LogP contribution in [0.4, 0.5) is 4.39 Å². The summed E-state index contributed by atoms with van der Waals surface area (Å²) in [5, 5.41) is 8.97. The number of halogens is 2. The molecular weight excluding hydrogens is 329 g/mol. The van der Waals surface area contributed by atoms with Crippen LogP contribution in [0.2, 0.25) is 0 Å². The second-order valence-electron chi connectivity index (χ2n) is 4.21. The maximum atomic E-state index is 13.5. The summed E-state index contributed by atoms with van der Waals surface area (Å²) in [4.78, 5) is 23.9. The first-order valence-electron chi connectivity index (χ1n) is 5.99. The predicted molar refractivity (Wildman–Crippen MR) is 77.6 cm³/mol. The number of nitrogens with zero attached hydrogens (tertiary/aromatic N) is 1. The molecule has 1 unspecified atom stereocenters. The van der Waals surface area contributed by atoms with Crippen molar-refractivity contribution in [3.05, 3.63) is 40.1 Å². The van der Waals surface area contributed by atoms with Gasteiger partial charge in [-0.2, -0.15) is 0 Å². The van der Waals surface area contributed by atoms with Crippen LogP contribution < -0.4 is 0 Å². The summed E-state index contributed by atoms with van der Waals surface area (Å²) in [5.74, 6) is -2.01. The van der Waals surface area contributed by atoms with Crippen LogP contribution in [0.15, 0.2) is 28.7 Å². The third-order valence-corrected chi connectivity index (χ3v) is 3.34. The molecule has 1 amide bonds. The monoisotopic (exact) mass is 343 g/mol. The fourth-order valence-electron chi connectivity index (χ4n) is 1.69. The molecule has 0 saturated carbocycles. The van der Waals surface area contributed by atoms with E-state index in [-0.39, 0.29) is 5.56 Å². The van der Waals surface area contributed by atoms with Gasteiger partial charge in [-0.1, -0.05) is 22.9 Å². The van der Waals surface area contributed by atoms with E-state index in [1.165, 1.54) is 25.3 Å². The Kier molecular flexibility index (Phi) is 5.88. The summed E-state index contributed by atoms with van der Waals surface area (Å²) in [7, 11) is 1.41. The van der Waals surface area contributed by atoms with Crippen molar-refractivity contribution in [2.45, 2.75) is 19.4 Å². The van der Waals surface area contributed by atoms with Gasteiger partial charge in [-0.25, -0.2) is 9.18 Å². The van der Waals surface area contributed by atoms with E-state index in [1.54, 1.807) is 13.0 Å². The number of carboxylic acid groups (broad SMARTS) is 1. The van der Waals surface area contributed by atoms with Crippen LogP contribution in [0.5, 0.6) is 0 Å². The Morgan fingerprint density at radius 1 is 1.50 bits per heavy atom. The average Bonchev–Trinajstić information content (AvgIpc) is 2.39. The van der Waals surface area contributed by atoms with Gasteiger partial charge in [-0.3, -0.25) is 4.79 Å². The van der Waals surface area contributed by atoms with Crippen LogP contribution in [-0.2, 0) is 9.59 Å². The van der Waals surface area contributed by atoms with E-state index in [4.69, 9.17) is 5.11 Å². The third-order valence-electron chi connectivity index (χ3n) is 2.85. The number of rotatable bonds is 5. The standard InChI is InChI=1S/C14H15BrFNO3/c1-3-12(14(19)20)17(2)13(18)7-4-9-8-10(15)5-6-11(9)16/h4-8,12H,3H2,1-2H3,(H,19,20). The Hall–Kier alpha value is -1.69. The molecule has 0 saturated heterocycles. The molecule has 0 spiro atoms. The normalized spacial score (nSPS) is 12.4. The van der Waals surface area contributed by atoms with Gasteiger partial charge in [0.05, 0.1) is 0 Å². The van der Waals surface area contributed by atoms with Crippen molar-refractivity contribution in [1.29, 1.82) is 0 Å². The van der Waals surface area contributed by atoms with E-state index in [0.29, 0.717) is 10.9 Å². The zero-order valence-corrected chi connectivity index (χ0v) is 12.7. The van der Waals surface area contributed by atoms with E-state index in [0.717, 1.165) is 11.0 Å². The SMILES string of the molecule is CCC(C(=O)O)N(C)C(=O)C=Cc1cc(Br)ccc1F. The van der Waals surface area contributed by atoms with Crippen LogP contribution in [0.25, 0.3) is 6.08 Å². The number of amides is 1. The van der Waals surface area contributed by atoms with Gasteiger partial charge in [0.2, 0.25) is 5.91 Å². The zero-order chi connectivity index (χ0) is 15.3. The number of benzene rings is 1. The molecule has 1 atom stereocenters. The van der Waals surface area contributed by atoms with E-state index >= 15 is 0 Å². The molecule has 1 rings (SSSR count). The quantitative estimate of drug-likeness (QED) is 0.836. The fourth-order valence-corrected chi connectivity index (χ4v) is 2.07. The number of carbonyl (C=O) groups excluding carboxylic acids is 1. The lowest BCUT2D eigenvalue weighted by molar-refractivity contribution is -0.147. The topological polar surface area (TPSA) is 57.6 Å². The van der Waals surface area contributed by atoms with E-state index in [2.05, 4.69) is 15.9 Å². The molecule has 0 aliphatic carbocycles. The largest absolute Gasteiger partial charge is 0.480 e. The van der Waals surface area contributed by atoms with Crippen molar-refractivity contribution in [2.24, 2.45) is 0 Å². The summed E-state index contributed by atoms with van der Waals surface area (Å²) in [5.41, 5.74) is 0.254. The minimum Gasteiger partial charge on any atom is -0.480 e. The Labute approximate surface area is 125 Å². The second kappa shape index (κ2) is 7.19. The van der Waals surface area contributed by atoms with Crippen LogP contribution in [0, 0.1) is 5.82 Å². The average molecular weight is 344 g/mol. The van der Waals surface area contributed by atoms with Gasteiger partial charge in [0.1, 0.15) is 11.9 Å². The molecule has 1 aromatic carbocycles. The Morgan fingerprint density at radius 2 is 2.15 bits per heavy atom. The number of carboxylic acids is 1. The Morgan fingerprint density at radius 3 is 2.70 bits per heavy atom. The van der Waals surface area contributed by atoms with Crippen LogP contribution >= 0.6 is 15.9 Å². The molecule has 1 N–H and O–H groups in total. The first-order chi connectivity index (χ1) is 9.36.